The summed E-state index contributed by atoms with van der Waals surface area (Å²) in [7, 11) is 1.65. The molecule has 0 aliphatic rings. The summed E-state index contributed by atoms with van der Waals surface area (Å²) in [6, 6.07) is 7.97. The topological polar surface area (TPSA) is 59.6 Å². The number of aryl methyl sites for hydroxylation is 1. The molecule has 0 saturated carbocycles. The van der Waals surface area contributed by atoms with Crippen LogP contribution in [0.15, 0.2) is 29.3 Å². The van der Waals surface area contributed by atoms with Crippen LogP contribution in [0.1, 0.15) is 12.5 Å². The van der Waals surface area contributed by atoms with Crippen molar-refractivity contribution < 1.29 is 4.74 Å². The summed E-state index contributed by atoms with van der Waals surface area (Å²) in [5.41, 5.74) is 6.71. The van der Waals surface area contributed by atoms with Gasteiger partial charge >= 0.3 is 0 Å². The molecular formula is C12H19N3O. The molecule has 0 saturated heterocycles. The highest BCUT2D eigenvalue weighted by Gasteiger charge is 2.03. The van der Waals surface area contributed by atoms with Gasteiger partial charge in [-0.05, 0) is 31.5 Å². The van der Waals surface area contributed by atoms with Crippen LogP contribution in [-0.2, 0) is 0 Å². The molecule has 4 heteroatoms. The molecule has 0 aromatic heterocycles. The van der Waals surface area contributed by atoms with E-state index in [9.17, 15) is 0 Å². The number of nitrogens with zero attached hydrogens (tertiary/aromatic N) is 1. The summed E-state index contributed by atoms with van der Waals surface area (Å²) < 4.78 is 5.72. The van der Waals surface area contributed by atoms with Crippen molar-refractivity contribution in [3.05, 3.63) is 29.8 Å². The van der Waals surface area contributed by atoms with E-state index in [-0.39, 0.29) is 6.10 Å². The van der Waals surface area contributed by atoms with Gasteiger partial charge in [0.25, 0.3) is 0 Å². The minimum atomic E-state index is 0.0436. The quantitative estimate of drug-likeness (QED) is 0.595. The lowest BCUT2D eigenvalue weighted by Gasteiger charge is -2.15. The summed E-state index contributed by atoms with van der Waals surface area (Å²) in [4.78, 5) is 3.81. The first-order valence-electron chi connectivity index (χ1n) is 5.31. The average molecular weight is 221 g/mol. The maximum Gasteiger partial charge on any atom is 0.188 e. The number of guanidine groups is 1. The molecule has 1 aromatic carbocycles. The Labute approximate surface area is 96.5 Å². The Morgan fingerprint density at radius 1 is 1.56 bits per heavy atom. The second-order valence-electron chi connectivity index (χ2n) is 3.73. The lowest BCUT2D eigenvalue weighted by Crippen LogP contribution is -2.38. The first kappa shape index (κ1) is 12.4. The first-order valence-corrected chi connectivity index (χ1v) is 5.31. The van der Waals surface area contributed by atoms with Gasteiger partial charge in [0, 0.05) is 7.05 Å². The van der Waals surface area contributed by atoms with E-state index in [1.807, 2.05) is 38.1 Å². The second kappa shape index (κ2) is 6.00. The summed E-state index contributed by atoms with van der Waals surface area (Å²) in [5, 5.41) is 2.97. The smallest absolute Gasteiger partial charge is 0.188 e. The third-order valence-electron chi connectivity index (χ3n) is 2.14. The van der Waals surface area contributed by atoms with E-state index in [1.165, 1.54) is 5.56 Å². The fraction of sp³-hybridized carbons (Fsp3) is 0.417. The van der Waals surface area contributed by atoms with E-state index in [2.05, 4.69) is 10.3 Å². The Kier molecular flexibility index (Phi) is 4.64. The zero-order valence-electron chi connectivity index (χ0n) is 10.0. The molecular weight excluding hydrogens is 202 g/mol. The molecule has 0 spiro atoms. The van der Waals surface area contributed by atoms with Crippen molar-refractivity contribution in [3.63, 3.8) is 0 Å². The van der Waals surface area contributed by atoms with Gasteiger partial charge in [0.05, 0.1) is 6.54 Å². The molecule has 1 aromatic rings. The Hall–Kier alpha value is -1.71. The maximum absolute atomic E-state index is 5.72. The van der Waals surface area contributed by atoms with Crippen LogP contribution in [0.4, 0.5) is 0 Å². The lowest BCUT2D eigenvalue weighted by atomic mass is 10.2. The van der Waals surface area contributed by atoms with Crippen molar-refractivity contribution >= 4 is 5.96 Å². The predicted molar refractivity (Wildman–Crippen MR) is 66.8 cm³/mol. The van der Waals surface area contributed by atoms with E-state index < -0.39 is 0 Å². The molecule has 0 aliphatic heterocycles. The standard InChI is InChI=1S/C12H19N3O/c1-9-5-4-6-11(7-9)16-10(2)8-15-12(13)14-3/h4-7,10H,8H2,1-3H3,(H3,13,14,15)/t10-/m1/s1. The Morgan fingerprint density at radius 3 is 2.94 bits per heavy atom. The fourth-order valence-electron chi connectivity index (χ4n) is 1.29. The van der Waals surface area contributed by atoms with Crippen LogP contribution in [0.5, 0.6) is 5.75 Å². The SMILES string of the molecule is CN=C(N)NC[C@@H](C)Oc1cccc(C)c1. The highest BCUT2D eigenvalue weighted by molar-refractivity contribution is 5.77. The van der Waals surface area contributed by atoms with Crippen molar-refractivity contribution in [3.8, 4) is 5.75 Å². The van der Waals surface area contributed by atoms with Crippen LogP contribution in [0.2, 0.25) is 0 Å². The van der Waals surface area contributed by atoms with Crippen LogP contribution in [-0.4, -0.2) is 25.7 Å². The third kappa shape index (κ3) is 4.21. The third-order valence-corrected chi connectivity index (χ3v) is 2.14. The van der Waals surface area contributed by atoms with Gasteiger partial charge in [-0.3, -0.25) is 4.99 Å². The summed E-state index contributed by atoms with van der Waals surface area (Å²) in [6.45, 7) is 4.66. The van der Waals surface area contributed by atoms with Gasteiger partial charge in [0.2, 0.25) is 0 Å². The van der Waals surface area contributed by atoms with E-state index in [0.29, 0.717) is 12.5 Å². The molecule has 3 N–H and O–H groups in total. The van der Waals surface area contributed by atoms with Crippen LogP contribution in [0.3, 0.4) is 0 Å². The van der Waals surface area contributed by atoms with Crippen molar-refractivity contribution in [1.82, 2.24) is 5.32 Å². The van der Waals surface area contributed by atoms with Crippen molar-refractivity contribution in [2.75, 3.05) is 13.6 Å². The van der Waals surface area contributed by atoms with Crippen molar-refractivity contribution in [2.45, 2.75) is 20.0 Å². The number of nitrogens with two attached hydrogens (primary N) is 1. The number of hydrogen-bond acceptors (Lipinski definition) is 2. The maximum atomic E-state index is 5.72. The minimum Gasteiger partial charge on any atom is -0.489 e. The molecule has 1 atom stereocenters. The molecule has 16 heavy (non-hydrogen) atoms. The highest BCUT2D eigenvalue weighted by atomic mass is 16.5. The number of hydrogen-bond donors (Lipinski definition) is 2. The molecule has 1 rings (SSSR count). The van der Waals surface area contributed by atoms with Crippen molar-refractivity contribution in [2.24, 2.45) is 10.7 Å². The number of nitrogens with one attached hydrogen (secondary N) is 1. The van der Waals surface area contributed by atoms with Gasteiger partial charge in [-0.25, -0.2) is 0 Å². The molecule has 0 heterocycles. The van der Waals surface area contributed by atoms with Crippen LogP contribution < -0.4 is 15.8 Å². The lowest BCUT2D eigenvalue weighted by molar-refractivity contribution is 0.224. The van der Waals surface area contributed by atoms with E-state index in [0.717, 1.165) is 5.75 Å². The van der Waals surface area contributed by atoms with Crippen LogP contribution in [0, 0.1) is 6.92 Å². The fourth-order valence-corrected chi connectivity index (χ4v) is 1.29. The molecule has 0 amide bonds. The van der Waals surface area contributed by atoms with Crippen LogP contribution >= 0.6 is 0 Å². The number of aliphatic imine (C=N–C) groups is 1. The highest BCUT2D eigenvalue weighted by Crippen LogP contribution is 2.13. The van der Waals surface area contributed by atoms with Gasteiger partial charge < -0.3 is 15.8 Å². The number of benzene rings is 1. The van der Waals surface area contributed by atoms with E-state index in [1.54, 1.807) is 7.05 Å². The molecule has 0 bridgehead atoms. The Morgan fingerprint density at radius 2 is 2.31 bits per heavy atom. The molecule has 0 aliphatic carbocycles. The van der Waals surface area contributed by atoms with Gasteiger partial charge in [0.1, 0.15) is 11.9 Å². The number of ether oxygens (including phenoxy) is 1. The van der Waals surface area contributed by atoms with Gasteiger partial charge in [0.15, 0.2) is 5.96 Å². The van der Waals surface area contributed by atoms with E-state index in [4.69, 9.17) is 10.5 Å². The molecule has 0 unspecified atom stereocenters. The average Bonchev–Trinajstić information content (AvgIpc) is 2.26. The van der Waals surface area contributed by atoms with E-state index >= 15 is 0 Å². The van der Waals surface area contributed by atoms with Gasteiger partial charge in [-0.15, -0.1) is 0 Å². The molecule has 0 fully saturated rings. The zero-order valence-corrected chi connectivity index (χ0v) is 10.0. The normalized spacial score (nSPS) is 13.3. The number of rotatable bonds is 4. The molecule has 88 valence electrons. The predicted octanol–water partition coefficient (Wildman–Crippen LogP) is 1.30. The molecule has 4 nitrogen and oxygen atoms in total. The van der Waals surface area contributed by atoms with Crippen LogP contribution in [0.25, 0.3) is 0 Å². The van der Waals surface area contributed by atoms with Crippen molar-refractivity contribution in [1.29, 1.82) is 0 Å². The monoisotopic (exact) mass is 221 g/mol. The Bertz CT molecular complexity index is 363. The van der Waals surface area contributed by atoms with Gasteiger partial charge in [-0.2, -0.15) is 0 Å². The molecule has 0 radical (unpaired) electrons. The summed E-state index contributed by atoms with van der Waals surface area (Å²) in [6.07, 6.45) is 0.0436. The minimum absolute atomic E-state index is 0.0436. The first-order chi connectivity index (χ1) is 7.61. The second-order valence-corrected chi connectivity index (χ2v) is 3.73. The van der Waals surface area contributed by atoms with Gasteiger partial charge in [-0.1, -0.05) is 12.1 Å². The Balaban J connectivity index is 2.42. The zero-order chi connectivity index (χ0) is 12.0. The largest absolute Gasteiger partial charge is 0.489 e. The summed E-state index contributed by atoms with van der Waals surface area (Å²) in [5.74, 6) is 1.31. The summed E-state index contributed by atoms with van der Waals surface area (Å²) >= 11 is 0.